The monoisotopic (exact) mass is 525 g/mol. The Morgan fingerprint density at radius 1 is 1.27 bits per heavy atom. The van der Waals surface area contributed by atoms with Gasteiger partial charge in [0.1, 0.15) is 5.75 Å². The lowest BCUT2D eigenvalue weighted by molar-refractivity contribution is 0.0955. The van der Waals surface area contributed by atoms with E-state index in [9.17, 15) is 9.90 Å². The van der Waals surface area contributed by atoms with Gasteiger partial charge in [-0.3, -0.25) is 9.78 Å². The summed E-state index contributed by atoms with van der Waals surface area (Å²) in [5, 5.41) is 20.7. The average molecular weight is 525 g/mol. The molecule has 0 spiro atoms. The highest BCUT2D eigenvalue weighted by molar-refractivity contribution is 14.1. The second-order valence-electron chi connectivity index (χ2n) is 3.76. The van der Waals surface area contributed by atoms with Gasteiger partial charge in [-0.1, -0.05) is 0 Å². The van der Waals surface area contributed by atoms with Crippen LogP contribution in [0.3, 0.4) is 0 Å². The number of hydrazone groups is 1. The number of aromatic hydroxyl groups is 1. The Labute approximate surface area is 154 Å². The molecule has 0 aliphatic rings. The summed E-state index contributed by atoms with van der Waals surface area (Å²) < 4.78 is 1.71. The lowest BCUT2D eigenvalue weighted by Gasteiger charge is -2.03. The first-order chi connectivity index (χ1) is 10.6. The first-order valence-electron chi connectivity index (χ1n) is 5.94. The van der Waals surface area contributed by atoms with Crippen molar-refractivity contribution in [3.05, 3.63) is 54.9 Å². The zero-order chi connectivity index (χ0) is 16.5. The van der Waals surface area contributed by atoms with Crippen molar-refractivity contribution in [3.8, 4) is 5.75 Å². The number of benzene rings is 1. The fourth-order valence-electron chi connectivity index (χ4n) is 1.41. The topological polar surface area (TPSA) is 94.8 Å². The van der Waals surface area contributed by atoms with Crippen LogP contribution in [0.4, 0.5) is 0 Å². The van der Waals surface area contributed by atoms with Crippen molar-refractivity contribution >= 4 is 57.3 Å². The van der Waals surface area contributed by atoms with Crippen molar-refractivity contribution in [2.24, 2.45) is 5.10 Å². The molecule has 0 unspecified atom stereocenters. The maximum atomic E-state index is 11.7. The van der Waals surface area contributed by atoms with Gasteiger partial charge in [-0.15, -0.1) is 0 Å². The van der Waals surface area contributed by atoms with Crippen LogP contribution >= 0.6 is 45.2 Å². The predicted octanol–water partition coefficient (Wildman–Crippen LogP) is 2.37. The molecule has 2 rings (SSSR count). The van der Waals surface area contributed by atoms with Crippen LogP contribution in [0.1, 0.15) is 15.9 Å². The molecule has 0 fully saturated rings. The van der Waals surface area contributed by atoms with Crippen molar-refractivity contribution < 1.29 is 15.0 Å². The molecule has 116 valence electrons. The van der Waals surface area contributed by atoms with Gasteiger partial charge in [0.2, 0.25) is 0 Å². The molecule has 0 atom stereocenters. The van der Waals surface area contributed by atoms with Gasteiger partial charge < -0.3 is 10.2 Å². The van der Waals surface area contributed by atoms with Crippen molar-refractivity contribution in [1.29, 1.82) is 0 Å². The Morgan fingerprint density at radius 3 is 2.55 bits per heavy atom. The number of hydrogen-bond donors (Lipinski definition) is 3. The number of nitrogens with zero attached hydrogens (tertiary/aromatic N) is 2. The Balaban J connectivity index is 0.00000116. The molecule has 3 N–H and O–H groups in total. The number of aliphatic hydroxyl groups excluding tert-OH is 1. The quantitative estimate of drug-likeness (QED) is 0.326. The third-order valence-corrected chi connectivity index (χ3v) is 3.82. The third-order valence-electron chi connectivity index (χ3n) is 2.37. The molecule has 0 radical (unpaired) electrons. The highest BCUT2D eigenvalue weighted by atomic mass is 127. The second-order valence-corrected chi connectivity index (χ2v) is 6.17. The van der Waals surface area contributed by atoms with Gasteiger partial charge in [0.15, 0.2) is 0 Å². The maximum absolute atomic E-state index is 11.7. The van der Waals surface area contributed by atoms with Gasteiger partial charge in [0.05, 0.1) is 9.78 Å². The number of rotatable bonds is 3. The fourth-order valence-corrected chi connectivity index (χ4v) is 3.30. The van der Waals surface area contributed by atoms with E-state index in [1.54, 1.807) is 18.2 Å². The molecule has 8 heteroatoms. The van der Waals surface area contributed by atoms with E-state index in [1.165, 1.54) is 18.6 Å². The van der Waals surface area contributed by atoms with Gasteiger partial charge in [0, 0.05) is 34.2 Å². The molecule has 22 heavy (non-hydrogen) atoms. The summed E-state index contributed by atoms with van der Waals surface area (Å²) in [7, 11) is 1.00. The normalized spacial score (nSPS) is 10.0. The van der Waals surface area contributed by atoms with E-state index in [0.29, 0.717) is 11.1 Å². The van der Waals surface area contributed by atoms with Crippen LogP contribution in [0.25, 0.3) is 0 Å². The molecule has 1 amide bonds. The van der Waals surface area contributed by atoms with Crippen LogP contribution < -0.4 is 5.43 Å². The van der Waals surface area contributed by atoms with Crippen LogP contribution in [0.5, 0.6) is 5.75 Å². The molecule has 0 aliphatic carbocycles. The molecule has 0 saturated carbocycles. The van der Waals surface area contributed by atoms with Gasteiger partial charge in [-0.25, -0.2) is 5.43 Å². The molecule has 1 heterocycles. The van der Waals surface area contributed by atoms with Crippen molar-refractivity contribution in [3.63, 3.8) is 0 Å². The smallest absolute Gasteiger partial charge is 0.271 e. The number of phenolic OH excluding ortho intramolecular Hbond substituents is 1. The number of nitrogens with one attached hydrogen (secondary N) is 1. The number of carbonyl (C=O) groups excluding carboxylic acids is 1. The number of amides is 1. The fraction of sp³-hybridized carbons (Fsp3) is 0.0714. The van der Waals surface area contributed by atoms with E-state index in [0.717, 1.165) is 14.3 Å². The maximum Gasteiger partial charge on any atom is 0.271 e. The van der Waals surface area contributed by atoms with E-state index in [2.05, 4.69) is 38.1 Å². The highest BCUT2D eigenvalue weighted by Crippen LogP contribution is 2.25. The van der Waals surface area contributed by atoms with E-state index < -0.39 is 0 Å². The van der Waals surface area contributed by atoms with Gasteiger partial charge in [-0.05, 0) is 69.4 Å². The molecule has 0 saturated heterocycles. The summed E-state index contributed by atoms with van der Waals surface area (Å²) in [5.41, 5.74) is 3.42. The summed E-state index contributed by atoms with van der Waals surface area (Å²) in [6, 6.07) is 6.82. The largest absolute Gasteiger partial charge is 0.506 e. The van der Waals surface area contributed by atoms with Crippen molar-refractivity contribution in [2.75, 3.05) is 7.11 Å². The number of aliphatic hydroxyl groups is 1. The number of carbonyl (C=O) groups is 1. The number of aromatic nitrogens is 1. The molecule has 1 aromatic carbocycles. The minimum atomic E-state index is -0.330. The Bertz CT molecular complexity index is 664. The van der Waals surface area contributed by atoms with Crippen molar-refractivity contribution in [2.45, 2.75) is 0 Å². The highest BCUT2D eigenvalue weighted by Gasteiger charge is 2.06. The van der Waals surface area contributed by atoms with E-state index in [-0.39, 0.29) is 11.7 Å². The Hall–Kier alpha value is -1.27. The standard InChI is InChI=1S/C13H9I2N3O2.CH4O/c14-10-5-9(12(19)11(15)6-10)7-17-18-13(20)8-1-3-16-4-2-8;1-2/h1-7,19H,(H,18,20);2H,1H3/b17-7+;. The first kappa shape index (κ1) is 18.8. The lowest BCUT2D eigenvalue weighted by atomic mass is 10.2. The lowest BCUT2D eigenvalue weighted by Crippen LogP contribution is -2.17. The average Bonchev–Trinajstić information content (AvgIpc) is 2.54. The first-order valence-corrected chi connectivity index (χ1v) is 8.10. The van der Waals surface area contributed by atoms with Gasteiger partial charge in [0.25, 0.3) is 5.91 Å². The predicted molar refractivity (Wildman–Crippen MR) is 101 cm³/mol. The zero-order valence-electron chi connectivity index (χ0n) is 11.5. The van der Waals surface area contributed by atoms with Gasteiger partial charge >= 0.3 is 0 Å². The Kier molecular flexibility index (Phi) is 8.27. The minimum absolute atomic E-state index is 0.146. The van der Waals surface area contributed by atoms with Gasteiger partial charge in [-0.2, -0.15) is 5.10 Å². The molecule has 6 nitrogen and oxygen atoms in total. The summed E-state index contributed by atoms with van der Waals surface area (Å²) in [4.78, 5) is 15.6. The molecular formula is C14H13I2N3O3. The molecule has 1 aromatic heterocycles. The van der Waals surface area contributed by atoms with Crippen LogP contribution in [0.2, 0.25) is 0 Å². The van der Waals surface area contributed by atoms with Crippen molar-refractivity contribution in [1.82, 2.24) is 10.4 Å². The third kappa shape index (κ3) is 5.50. The zero-order valence-corrected chi connectivity index (χ0v) is 15.8. The SMILES string of the molecule is CO.O=C(N/N=C/c1cc(I)cc(I)c1O)c1ccncc1. The Morgan fingerprint density at radius 2 is 1.91 bits per heavy atom. The second kappa shape index (κ2) is 9.69. The van der Waals surface area contributed by atoms with Crippen LogP contribution in [-0.2, 0) is 0 Å². The number of hydrogen-bond acceptors (Lipinski definition) is 5. The molecule has 0 bridgehead atoms. The molecule has 0 aliphatic heterocycles. The number of pyridine rings is 1. The molecular weight excluding hydrogens is 512 g/mol. The summed E-state index contributed by atoms with van der Waals surface area (Å²) in [6.07, 6.45) is 4.48. The number of phenols is 1. The van der Waals surface area contributed by atoms with Crippen LogP contribution in [-0.4, -0.2) is 34.4 Å². The van der Waals surface area contributed by atoms with E-state index >= 15 is 0 Å². The van der Waals surface area contributed by atoms with E-state index in [1.807, 2.05) is 28.7 Å². The summed E-state index contributed by atoms with van der Waals surface area (Å²) in [6.45, 7) is 0. The summed E-state index contributed by atoms with van der Waals surface area (Å²) >= 11 is 4.19. The van der Waals surface area contributed by atoms with Crippen LogP contribution in [0, 0.1) is 7.14 Å². The van der Waals surface area contributed by atoms with E-state index in [4.69, 9.17) is 5.11 Å². The molecule has 2 aromatic rings. The number of halogens is 2. The minimum Gasteiger partial charge on any atom is -0.506 e. The summed E-state index contributed by atoms with van der Waals surface area (Å²) in [5.74, 6) is -0.184. The van der Waals surface area contributed by atoms with Crippen LogP contribution in [0.15, 0.2) is 41.8 Å².